The number of esters is 1. The number of rotatable bonds is 7. The Morgan fingerprint density at radius 1 is 1.14 bits per heavy atom. The maximum Gasteiger partial charge on any atom is 0.340 e. The van der Waals surface area contributed by atoms with Crippen molar-refractivity contribution in [3.8, 4) is 0 Å². The molecule has 6 nitrogen and oxygen atoms in total. The average molecular weight is 380 g/mol. The smallest absolute Gasteiger partial charge is 0.340 e. The molecule has 2 heterocycles. The van der Waals surface area contributed by atoms with Crippen LogP contribution in [0.5, 0.6) is 0 Å². The predicted molar refractivity (Wildman–Crippen MR) is 105 cm³/mol. The molecule has 6 heteroatoms. The van der Waals surface area contributed by atoms with Crippen molar-refractivity contribution in [2.75, 3.05) is 0 Å². The second-order valence-corrected chi connectivity index (χ2v) is 6.70. The van der Waals surface area contributed by atoms with E-state index in [1.807, 2.05) is 44.2 Å². The zero-order chi connectivity index (χ0) is 20.1. The lowest BCUT2D eigenvalue weighted by molar-refractivity contribution is -0.129. The minimum absolute atomic E-state index is 0.249. The summed E-state index contributed by atoms with van der Waals surface area (Å²) in [5, 5.41) is 2.69. The highest BCUT2D eigenvalue weighted by molar-refractivity contribution is 5.93. The quantitative estimate of drug-likeness (QED) is 0.636. The summed E-state index contributed by atoms with van der Waals surface area (Å²) in [6.07, 6.45) is 0.635. The molecule has 3 rings (SSSR count). The lowest BCUT2D eigenvalue weighted by Crippen LogP contribution is -2.35. The number of furan rings is 1. The number of aryl methyl sites for hydroxylation is 1. The normalized spacial score (nSPS) is 11.8. The Morgan fingerprint density at radius 3 is 2.57 bits per heavy atom. The Bertz CT molecular complexity index is 943. The fraction of sp³-hybridized carbons (Fsp3) is 0.273. The molecule has 0 aliphatic heterocycles. The number of nitrogens with zero attached hydrogens (tertiary/aromatic N) is 1. The first-order valence-electron chi connectivity index (χ1n) is 9.17. The van der Waals surface area contributed by atoms with Crippen molar-refractivity contribution in [3.05, 3.63) is 83.1 Å². The van der Waals surface area contributed by atoms with E-state index in [0.717, 1.165) is 17.0 Å². The van der Waals surface area contributed by atoms with E-state index in [1.54, 1.807) is 25.1 Å². The molecule has 1 aromatic carbocycles. The Morgan fingerprint density at radius 2 is 1.89 bits per heavy atom. The first-order valence-corrected chi connectivity index (χ1v) is 9.17. The average Bonchev–Trinajstić information content (AvgIpc) is 3.30. The number of ether oxygens (including phenoxy) is 1. The summed E-state index contributed by atoms with van der Waals surface area (Å²) in [6, 6.07) is 15.3. The second-order valence-electron chi connectivity index (χ2n) is 6.70. The van der Waals surface area contributed by atoms with E-state index >= 15 is 0 Å². The van der Waals surface area contributed by atoms with Gasteiger partial charge in [-0.05, 0) is 44.5 Å². The molecule has 146 valence electrons. The van der Waals surface area contributed by atoms with Gasteiger partial charge in [0.1, 0.15) is 5.76 Å². The standard InChI is InChI=1S/C22H24N2O4/c1-15-12-20(16(2)24(15)14-18-8-5-4-6-9-18)22(26)28-17(3)21(25)23-13-19-10-7-11-27-19/h4-12,17H,13-14H2,1-3H3,(H,23,25)/t17-/m1/s1. The van der Waals surface area contributed by atoms with Crippen LogP contribution in [0.4, 0.5) is 0 Å². The molecule has 0 bridgehead atoms. The van der Waals surface area contributed by atoms with Crippen molar-refractivity contribution in [3.63, 3.8) is 0 Å². The van der Waals surface area contributed by atoms with Gasteiger partial charge in [0.2, 0.25) is 0 Å². The number of nitrogens with one attached hydrogen (secondary N) is 1. The summed E-state index contributed by atoms with van der Waals surface area (Å²) in [5.41, 5.74) is 3.40. The molecule has 0 unspecified atom stereocenters. The molecule has 0 aliphatic carbocycles. The van der Waals surface area contributed by atoms with Gasteiger partial charge in [-0.2, -0.15) is 0 Å². The van der Waals surface area contributed by atoms with Crippen LogP contribution in [0.3, 0.4) is 0 Å². The summed E-state index contributed by atoms with van der Waals surface area (Å²) >= 11 is 0. The molecule has 0 spiro atoms. The topological polar surface area (TPSA) is 73.5 Å². The fourth-order valence-electron chi connectivity index (χ4n) is 3.03. The van der Waals surface area contributed by atoms with E-state index in [2.05, 4.69) is 9.88 Å². The first-order chi connectivity index (χ1) is 13.5. The molecule has 3 aromatic rings. The highest BCUT2D eigenvalue weighted by Gasteiger charge is 2.22. The summed E-state index contributed by atoms with van der Waals surface area (Å²) in [6.45, 7) is 6.31. The third-order valence-corrected chi connectivity index (χ3v) is 4.65. The highest BCUT2D eigenvalue weighted by atomic mass is 16.5. The number of carbonyl (C=O) groups is 2. The fourth-order valence-corrected chi connectivity index (χ4v) is 3.03. The predicted octanol–water partition coefficient (Wildman–Crippen LogP) is 3.61. The van der Waals surface area contributed by atoms with Gasteiger partial charge in [-0.1, -0.05) is 30.3 Å². The SMILES string of the molecule is Cc1cc(C(=O)O[C@H](C)C(=O)NCc2ccco2)c(C)n1Cc1ccccc1. The van der Waals surface area contributed by atoms with E-state index in [9.17, 15) is 9.59 Å². The molecule has 0 saturated carbocycles. The maximum absolute atomic E-state index is 12.6. The van der Waals surface area contributed by atoms with Gasteiger partial charge < -0.3 is 19.0 Å². The van der Waals surface area contributed by atoms with Gasteiger partial charge in [0, 0.05) is 17.9 Å². The summed E-state index contributed by atoms with van der Waals surface area (Å²) in [4.78, 5) is 24.8. The van der Waals surface area contributed by atoms with Gasteiger partial charge in [0.15, 0.2) is 6.10 Å². The third-order valence-electron chi connectivity index (χ3n) is 4.65. The number of aromatic nitrogens is 1. The molecule has 28 heavy (non-hydrogen) atoms. The van der Waals surface area contributed by atoms with Gasteiger partial charge in [-0.3, -0.25) is 4.79 Å². The number of hydrogen-bond donors (Lipinski definition) is 1. The van der Waals surface area contributed by atoms with Gasteiger partial charge in [0.05, 0.1) is 18.4 Å². The maximum atomic E-state index is 12.6. The molecular weight excluding hydrogens is 356 g/mol. The largest absolute Gasteiger partial charge is 0.467 e. The van der Waals surface area contributed by atoms with Crippen molar-refractivity contribution >= 4 is 11.9 Å². The molecular formula is C22H24N2O4. The van der Waals surface area contributed by atoms with Crippen molar-refractivity contribution in [1.82, 2.24) is 9.88 Å². The zero-order valence-electron chi connectivity index (χ0n) is 16.3. The number of carbonyl (C=O) groups excluding carboxylic acids is 2. The van der Waals surface area contributed by atoms with Crippen molar-refractivity contribution in [2.24, 2.45) is 0 Å². The monoisotopic (exact) mass is 380 g/mol. The van der Waals surface area contributed by atoms with Crippen LogP contribution in [0, 0.1) is 13.8 Å². The Balaban J connectivity index is 1.63. The van der Waals surface area contributed by atoms with Crippen LogP contribution in [-0.2, 0) is 22.6 Å². The Kier molecular flexibility index (Phi) is 5.99. The molecule has 1 amide bonds. The van der Waals surface area contributed by atoms with Crippen LogP contribution < -0.4 is 5.32 Å². The number of hydrogen-bond acceptors (Lipinski definition) is 4. The molecule has 0 radical (unpaired) electrons. The molecule has 0 fully saturated rings. The van der Waals surface area contributed by atoms with E-state index in [0.29, 0.717) is 17.9 Å². The third kappa shape index (κ3) is 4.52. The summed E-state index contributed by atoms with van der Waals surface area (Å²) in [7, 11) is 0. The van der Waals surface area contributed by atoms with Crippen LogP contribution in [0.25, 0.3) is 0 Å². The molecule has 2 aromatic heterocycles. The lowest BCUT2D eigenvalue weighted by Gasteiger charge is -2.13. The summed E-state index contributed by atoms with van der Waals surface area (Å²) in [5.74, 6) is -0.243. The number of benzene rings is 1. The Hall–Kier alpha value is -3.28. The van der Waals surface area contributed by atoms with Gasteiger partial charge >= 0.3 is 5.97 Å². The van der Waals surface area contributed by atoms with Crippen LogP contribution in [0.15, 0.2) is 59.2 Å². The van der Waals surface area contributed by atoms with Crippen LogP contribution >= 0.6 is 0 Å². The first kappa shape index (κ1) is 19.5. The van der Waals surface area contributed by atoms with Gasteiger partial charge in [-0.15, -0.1) is 0 Å². The molecule has 0 saturated heterocycles. The van der Waals surface area contributed by atoms with E-state index in [4.69, 9.17) is 9.15 Å². The minimum Gasteiger partial charge on any atom is -0.467 e. The van der Waals surface area contributed by atoms with Crippen molar-refractivity contribution < 1.29 is 18.7 Å². The van der Waals surface area contributed by atoms with Crippen LogP contribution in [0.1, 0.15) is 40.0 Å². The minimum atomic E-state index is -0.903. The lowest BCUT2D eigenvalue weighted by atomic mass is 10.2. The van der Waals surface area contributed by atoms with Crippen LogP contribution in [-0.4, -0.2) is 22.5 Å². The zero-order valence-corrected chi connectivity index (χ0v) is 16.3. The molecule has 1 N–H and O–H groups in total. The van der Waals surface area contributed by atoms with E-state index < -0.39 is 12.1 Å². The molecule has 0 aliphatic rings. The number of amides is 1. The van der Waals surface area contributed by atoms with Gasteiger partial charge in [0.25, 0.3) is 5.91 Å². The van der Waals surface area contributed by atoms with Gasteiger partial charge in [-0.25, -0.2) is 4.79 Å². The Labute approximate surface area is 164 Å². The van der Waals surface area contributed by atoms with Crippen molar-refractivity contribution in [1.29, 1.82) is 0 Å². The van der Waals surface area contributed by atoms with E-state index in [1.165, 1.54) is 6.26 Å². The highest BCUT2D eigenvalue weighted by Crippen LogP contribution is 2.19. The van der Waals surface area contributed by atoms with Crippen LogP contribution in [0.2, 0.25) is 0 Å². The van der Waals surface area contributed by atoms with E-state index in [-0.39, 0.29) is 12.5 Å². The summed E-state index contributed by atoms with van der Waals surface area (Å²) < 4.78 is 12.6. The van der Waals surface area contributed by atoms with Crippen molar-refractivity contribution in [2.45, 2.75) is 40.0 Å². The molecule has 1 atom stereocenters. The second kappa shape index (κ2) is 8.61.